The highest BCUT2D eigenvalue weighted by atomic mass is 32.1. The minimum Gasteiger partial charge on any atom is -0.487 e. The second kappa shape index (κ2) is 11.8. The summed E-state index contributed by atoms with van der Waals surface area (Å²) in [5, 5.41) is 25.3. The molecule has 3 aliphatic rings. The monoisotopic (exact) mass is 628 g/mol. The Kier molecular flexibility index (Phi) is 8.56. The Morgan fingerprint density at radius 2 is 2.07 bits per heavy atom. The SMILES string of the molecule is CC1(CN=C(N)c2ccc3c(c2)CC[C@H]([C@](C)(ONC(C(=O)N=C2C(=O)NC2(C)C)c2csc(N)n2)C(O)O)O3)CC(N)C1. The zero-order valence-electron chi connectivity index (χ0n) is 25.2. The summed E-state index contributed by atoms with van der Waals surface area (Å²) < 4.78 is 6.20. The number of amidine groups is 1. The number of anilines is 1. The second-order valence-corrected chi connectivity index (χ2v) is 13.7. The van der Waals surface area contributed by atoms with E-state index in [1.54, 1.807) is 31.4 Å². The highest BCUT2D eigenvalue weighted by molar-refractivity contribution is 7.13. The fourth-order valence-electron chi connectivity index (χ4n) is 5.78. The number of β-lactam (4-membered cyclic amide) rings is 1. The highest BCUT2D eigenvalue weighted by Crippen LogP contribution is 2.40. The molecule has 0 radical (unpaired) electrons. The molecule has 44 heavy (non-hydrogen) atoms. The van der Waals surface area contributed by atoms with Crippen LogP contribution in [0.5, 0.6) is 5.75 Å². The summed E-state index contributed by atoms with van der Waals surface area (Å²) in [7, 11) is 0. The number of aliphatic hydroxyl groups is 2. The Morgan fingerprint density at radius 3 is 2.66 bits per heavy atom. The Balaban J connectivity index is 1.31. The lowest BCUT2D eigenvalue weighted by Crippen LogP contribution is -2.67. The number of aliphatic hydroxyl groups excluding tert-OH is 1. The third kappa shape index (κ3) is 6.34. The standard InChI is InChI=1S/C29H40N8O6S/c1-27(2)21(24(39)36-27)35-23(38)20(17-12-44-26(32)34-17)37-43-29(4,25(40)41)19-8-6-14-9-15(5-7-18(14)42-19)22(31)33-13-28(3)10-16(30)11-28/h5,7,9,12,16,19-20,25,37,40-41H,6,8,10-11,13,30H2,1-4H3,(H2,31,33)(H2,32,34)(H,36,39)/t16?,19-,20?,28?,29+/m1/s1. The van der Waals surface area contributed by atoms with Crippen molar-refractivity contribution in [3.05, 3.63) is 40.4 Å². The maximum absolute atomic E-state index is 13.3. The quantitative estimate of drug-likeness (QED) is 0.0628. The van der Waals surface area contributed by atoms with Crippen LogP contribution < -0.4 is 32.7 Å². The predicted octanol–water partition coefficient (Wildman–Crippen LogP) is 0.460. The van der Waals surface area contributed by atoms with Gasteiger partial charge in [-0.1, -0.05) is 6.92 Å². The lowest BCUT2D eigenvalue weighted by molar-refractivity contribution is -0.263. The number of carbonyl (C=O) groups is 2. The molecule has 0 bridgehead atoms. The van der Waals surface area contributed by atoms with E-state index in [-0.39, 0.29) is 28.0 Å². The molecule has 2 fully saturated rings. The van der Waals surface area contributed by atoms with E-state index in [0.29, 0.717) is 31.0 Å². The fourth-order valence-corrected chi connectivity index (χ4v) is 6.37. The lowest BCUT2D eigenvalue weighted by atomic mass is 9.67. The summed E-state index contributed by atoms with van der Waals surface area (Å²) in [5.41, 5.74) is 20.1. The molecule has 2 amide bonds. The van der Waals surface area contributed by atoms with Crippen molar-refractivity contribution in [1.82, 2.24) is 15.8 Å². The Morgan fingerprint density at radius 1 is 1.34 bits per heavy atom. The number of ether oxygens (including phenoxy) is 1. The largest absolute Gasteiger partial charge is 0.487 e. The van der Waals surface area contributed by atoms with Crippen LogP contribution in [0.2, 0.25) is 0 Å². The number of nitrogen functional groups attached to an aromatic ring is 1. The van der Waals surface area contributed by atoms with Crippen LogP contribution in [0.3, 0.4) is 0 Å². The van der Waals surface area contributed by atoms with Gasteiger partial charge in [0.2, 0.25) is 0 Å². The zero-order valence-corrected chi connectivity index (χ0v) is 26.0. The number of nitrogens with one attached hydrogen (secondary N) is 2. The number of aliphatic imine (C=N–C) groups is 2. The number of benzene rings is 1. The first kappa shape index (κ1) is 31.9. The topological polar surface area (TPSA) is 233 Å². The van der Waals surface area contributed by atoms with Gasteiger partial charge in [0.15, 0.2) is 23.1 Å². The van der Waals surface area contributed by atoms with Crippen LogP contribution in [0.15, 0.2) is 33.6 Å². The molecule has 1 unspecified atom stereocenters. The number of aryl methyl sites for hydroxylation is 1. The van der Waals surface area contributed by atoms with E-state index in [4.69, 9.17) is 26.8 Å². The van der Waals surface area contributed by atoms with Gasteiger partial charge >= 0.3 is 0 Å². The molecule has 14 nitrogen and oxygen atoms in total. The van der Waals surface area contributed by atoms with E-state index in [0.717, 1.165) is 35.3 Å². The second-order valence-electron chi connectivity index (χ2n) is 12.8. The van der Waals surface area contributed by atoms with Crippen molar-refractivity contribution < 1.29 is 29.4 Å². The number of nitrogens with zero attached hydrogens (tertiary/aromatic N) is 3. The van der Waals surface area contributed by atoms with Crippen LogP contribution >= 0.6 is 11.3 Å². The molecule has 5 rings (SSSR count). The summed E-state index contributed by atoms with van der Waals surface area (Å²) in [6, 6.07) is 4.42. The van der Waals surface area contributed by atoms with Crippen LogP contribution in [0.25, 0.3) is 0 Å². The van der Waals surface area contributed by atoms with E-state index in [2.05, 4.69) is 32.7 Å². The highest BCUT2D eigenvalue weighted by Gasteiger charge is 2.47. The summed E-state index contributed by atoms with van der Waals surface area (Å²) in [5.74, 6) is -0.252. The summed E-state index contributed by atoms with van der Waals surface area (Å²) >= 11 is 1.11. The van der Waals surface area contributed by atoms with Gasteiger partial charge < -0.3 is 37.5 Å². The van der Waals surface area contributed by atoms with Crippen molar-refractivity contribution in [3.63, 3.8) is 0 Å². The summed E-state index contributed by atoms with van der Waals surface area (Å²) in [6.45, 7) is 7.65. The number of aromatic nitrogens is 1. The van der Waals surface area contributed by atoms with Crippen molar-refractivity contribution in [3.8, 4) is 5.75 Å². The van der Waals surface area contributed by atoms with Gasteiger partial charge in [-0.3, -0.25) is 19.4 Å². The Bertz CT molecular complexity index is 1500. The summed E-state index contributed by atoms with van der Waals surface area (Å²) in [4.78, 5) is 44.0. The maximum Gasteiger partial charge on any atom is 0.271 e. The Hall–Kier alpha value is -3.47. The minimum absolute atomic E-state index is 0.0566. The number of nitrogens with two attached hydrogens (primary N) is 3. The number of carbonyl (C=O) groups excluding carboxylic acids is 2. The predicted molar refractivity (Wildman–Crippen MR) is 165 cm³/mol. The molecule has 1 aromatic carbocycles. The van der Waals surface area contributed by atoms with Crippen molar-refractivity contribution in [2.45, 2.75) is 89.0 Å². The summed E-state index contributed by atoms with van der Waals surface area (Å²) in [6.07, 6.45) is -0.109. The van der Waals surface area contributed by atoms with Gasteiger partial charge in [0.1, 0.15) is 23.4 Å². The third-order valence-corrected chi connectivity index (χ3v) is 9.22. The molecule has 2 aliphatic heterocycles. The zero-order chi connectivity index (χ0) is 32.0. The van der Waals surface area contributed by atoms with Crippen molar-refractivity contribution in [1.29, 1.82) is 0 Å². The van der Waals surface area contributed by atoms with E-state index >= 15 is 0 Å². The van der Waals surface area contributed by atoms with Gasteiger partial charge in [0.25, 0.3) is 11.8 Å². The molecular formula is C29H40N8O6S. The maximum atomic E-state index is 13.3. The van der Waals surface area contributed by atoms with Gasteiger partial charge in [-0.05, 0) is 75.6 Å². The van der Waals surface area contributed by atoms with Gasteiger partial charge in [0, 0.05) is 23.5 Å². The molecule has 1 aliphatic carbocycles. The molecule has 0 spiro atoms. The molecule has 1 saturated carbocycles. The van der Waals surface area contributed by atoms with Crippen LogP contribution in [-0.4, -0.2) is 74.7 Å². The molecule has 1 saturated heterocycles. The lowest BCUT2D eigenvalue weighted by Gasteiger charge is -2.42. The number of fused-ring (bicyclic) bond motifs is 1. The van der Waals surface area contributed by atoms with Gasteiger partial charge in [-0.2, -0.15) is 5.48 Å². The molecule has 15 heteroatoms. The van der Waals surface area contributed by atoms with Gasteiger partial charge in [0.05, 0.1) is 11.2 Å². The van der Waals surface area contributed by atoms with Crippen molar-refractivity contribution in [2.75, 3.05) is 12.3 Å². The average Bonchev–Trinajstić information content (AvgIpc) is 3.38. The molecular weight excluding hydrogens is 588 g/mol. The molecule has 3 atom stereocenters. The number of hydrogen-bond acceptors (Lipinski definition) is 12. The van der Waals surface area contributed by atoms with Crippen LogP contribution in [0.1, 0.15) is 69.8 Å². The van der Waals surface area contributed by atoms with E-state index in [1.807, 2.05) is 6.07 Å². The van der Waals surface area contributed by atoms with Crippen LogP contribution in [0, 0.1) is 5.41 Å². The van der Waals surface area contributed by atoms with Crippen molar-refractivity contribution in [2.24, 2.45) is 26.9 Å². The normalized spacial score (nSPS) is 27.4. The first-order valence-electron chi connectivity index (χ1n) is 14.4. The third-order valence-electron chi connectivity index (χ3n) is 8.53. The molecule has 238 valence electrons. The molecule has 2 aromatic rings. The first-order valence-corrected chi connectivity index (χ1v) is 15.3. The minimum atomic E-state index is -2.01. The number of hydrogen-bond donors (Lipinski definition) is 7. The average molecular weight is 629 g/mol. The molecule has 10 N–H and O–H groups in total. The smallest absolute Gasteiger partial charge is 0.271 e. The first-order chi connectivity index (χ1) is 20.6. The fraction of sp³-hybridized carbons (Fsp3) is 0.552. The number of rotatable bonds is 10. The van der Waals surface area contributed by atoms with E-state index < -0.39 is 41.4 Å². The molecule has 1 aromatic heterocycles. The number of hydroxylamine groups is 1. The van der Waals surface area contributed by atoms with Gasteiger partial charge in [-0.25, -0.2) is 9.98 Å². The molecule has 3 heterocycles. The van der Waals surface area contributed by atoms with Crippen LogP contribution in [-0.2, 0) is 20.8 Å². The van der Waals surface area contributed by atoms with Crippen molar-refractivity contribution >= 4 is 39.8 Å². The van der Waals surface area contributed by atoms with Gasteiger partial charge in [-0.15, -0.1) is 11.3 Å². The number of thiazole rings is 1. The van der Waals surface area contributed by atoms with Crippen LogP contribution in [0.4, 0.5) is 5.13 Å². The Labute approximate surface area is 259 Å². The number of amides is 2. The van der Waals surface area contributed by atoms with E-state index in [1.165, 1.54) is 6.92 Å². The van der Waals surface area contributed by atoms with E-state index in [9.17, 15) is 19.8 Å².